The van der Waals surface area contributed by atoms with Crippen molar-refractivity contribution in [3.05, 3.63) is 23.8 Å². The Labute approximate surface area is 167 Å². The predicted octanol–water partition coefficient (Wildman–Crippen LogP) is 2.57. The minimum absolute atomic E-state index is 0. The maximum absolute atomic E-state index is 5.41. The topological polar surface area (TPSA) is 58.1 Å². The van der Waals surface area contributed by atoms with Crippen molar-refractivity contribution in [2.45, 2.75) is 32.2 Å². The molecule has 2 heterocycles. The molecular weight excluding hydrogens is 431 g/mol. The number of rotatable bonds is 5. The molecule has 140 valence electrons. The van der Waals surface area contributed by atoms with Gasteiger partial charge >= 0.3 is 0 Å². The number of benzene rings is 1. The van der Waals surface area contributed by atoms with E-state index in [2.05, 4.69) is 20.5 Å². The van der Waals surface area contributed by atoms with Crippen molar-refractivity contribution in [1.29, 1.82) is 0 Å². The van der Waals surface area contributed by atoms with E-state index in [1.807, 2.05) is 18.2 Å². The van der Waals surface area contributed by atoms with Crippen LogP contribution in [0.3, 0.4) is 0 Å². The van der Waals surface area contributed by atoms with Crippen LogP contribution >= 0.6 is 24.0 Å². The van der Waals surface area contributed by atoms with Gasteiger partial charge in [-0.2, -0.15) is 0 Å². The van der Waals surface area contributed by atoms with E-state index in [0.29, 0.717) is 13.3 Å². The van der Waals surface area contributed by atoms with E-state index >= 15 is 0 Å². The van der Waals surface area contributed by atoms with Crippen LogP contribution < -0.4 is 20.1 Å². The quantitative estimate of drug-likeness (QED) is 0.402. The summed E-state index contributed by atoms with van der Waals surface area (Å²) in [6, 6.07) is 6.01. The largest absolute Gasteiger partial charge is 0.454 e. The lowest BCUT2D eigenvalue weighted by Gasteiger charge is -2.20. The van der Waals surface area contributed by atoms with Crippen LogP contribution in [0.1, 0.15) is 31.2 Å². The summed E-state index contributed by atoms with van der Waals surface area (Å²) in [6.07, 6.45) is 5.42. The number of hydrogen-bond acceptors (Lipinski definition) is 4. The fourth-order valence-corrected chi connectivity index (χ4v) is 3.15. The third kappa shape index (κ3) is 6.22. The fourth-order valence-electron chi connectivity index (χ4n) is 3.15. The summed E-state index contributed by atoms with van der Waals surface area (Å²) in [5.74, 6) is 2.47. The molecule has 2 N–H and O–H groups in total. The first-order valence-electron chi connectivity index (χ1n) is 8.90. The predicted molar refractivity (Wildman–Crippen MR) is 111 cm³/mol. The Morgan fingerprint density at radius 2 is 1.84 bits per heavy atom. The van der Waals surface area contributed by atoms with Gasteiger partial charge in [-0.1, -0.05) is 18.9 Å². The van der Waals surface area contributed by atoms with Gasteiger partial charge in [-0.25, -0.2) is 0 Å². The molecule has 0 unspecified atom stereocenters. The van der Waals surface area contributed by atoms with Crippen LogP contribution in [0.4, 0.5) is 0 Å². The first-order chi connectivity index (χ1) is 11.8. The number of guanidine groups is 1. The number of aliphatic imine (C=N–C) groups is 1. The highest BCUT2D eigenvalue weighted by Crippen LogP contribution is 2.32. The molecule has 1 saturated heterocycles. The number of nitrogens with one attached hydrogen (secondary N) is 2. The second-order valence-electron chi connectivity index (χ2n) is 6.30. The average Bonchev–Trinajstić information content (AvgIpc) is 2.92. The molecule has 2 aliphatic heterocycles. The van der Waals surface area contributed by atoms with Crippen LogP contribution in [0.2, 0.25) is 0 Å². The molecule has 3 rings (SSSR count). The van der Waals surface area contributed by atoms with Gasteiger partial charge in [-0.3, -0.25) is 4.99 Å². The lowest BCUT2D eigenvalue weighted by molar-refractivity contribution is 0.174. The summed E-state index contributed by atoms with van der Waals surface area (Å²) in [7, 11) is 1.81. The van der Waals surface area contributed by atoms with Crippen LogP contribution in [0, 0.1) is 0 Å². The summed E-state index contributed by atoms with van der Waals surface area (Å²) in [5.41, 5.74) is 1.15. The van der Waals surface area contributed by atoms with E-state index in [4.69, 9.17) is 9.47 Å². The van der Waals surface area contributed by atoms with E-state index in [-0.39, 0.29) is 24.0 Å². The van der Waals surface area contributed by atoms with Crippen molar-refractivity contribution in [2.75, 3.05) is 40.0 Å². The van der Waals surface area contributed by atoms with Crippen molar-refractivity contribution < 1.29 is 9.47 Å². The molecule has 0 aliphatic carbocycles. The Balaban J connectivity index is 0.00000225. The number of fused-ring (bicyclic) bond motifs is 1. The van der Waals surface area contributed by atoms with Gasteiger partial charge < -0.3 is 25.0 Å². The summed E-state index contributed by atoms with van der Waals surface area (Å²) in [5, 5.41) is 6.75. The number of halogens is 1. The van der Waals surface area contributed by atoms with Gasteiger partial charge in [0.2, 0.25) is 6.79 Å². The van der Waals surface area contributed by atoms with Crippen molar-refractivity contribution in [2.24, 2.45) is 4.99 Å². The molecule has 7 heteroatoms. The number of likely N-dealkylation sites (tertiary alicyclic amines) is 1. The average molecular weight is 460 g/mol. The molecule has 25 heavy (non-hydrogen) atoms. The lowest BCUT2D eigenvalue weighted by Crippen LogP contribution is -2.41. The van der Waals surface area contributed by atoms with Crippen LogP contribution in [0.25, 0.3) is 0 Å². The highest BCUT2D eigenvalue weighted by molar-refractivity contribution is 14.0. The number of ether oxygens (including phenoxy) is 2. The second-order valence-corrected chi connectivity index (χ2v) is 6.30. The van der Waals surface area contributed by atoms with Crippen molar-refractivity contribution in [3.63, 3.8) is 0 Å². The molecule has 0 radical (unpaired) electrons. The molecule has 1 fully saturated rings. The minimum Gasteiger partial charge on any atom is -0.454 e. The zero-order chi connectivity index (χ0) is 16.6. The summed E-state index contributed by atoms with van der Waals surface area (Å²) >= 11 is 0. The SMILES string of the molecule is CN=C(NCCN1CCCCCC1)NCc1ccc2c(c1)OCO2.I. The van der Waals surface area contributed by atoms with Crippen molar-refractivity contribution in [3.8, 4) is 11.5 Å². The van der Waals surface area contributed by atoms with E-state index in [0.717, 1.165) is 36.1 Å². The maximum Gasteiger partial charge on any atom is 0.231 e. The van der Waals surface area contributed by atoms with Gasteiger partial charge in [0, 0.05) is 26.7 Å². The molecule has 0 atom stereocenters. The van der Waals surface area contributed by atoms with Crippen molar-refractivity contribution in [1.82, 2.24) is 15.5 Å². The lowest BCUT2D eigenvalue weighted by atomic mass is 10.2. The molecule has 2 aliphatic rings. The Bertz CT molecular complexity index is 560. The van der Waals surface area contributed by atoms with E-state index in [1.165, 1.54) is 38.8 Å². The molecule has 0 amide bonds. The van der Waals surface area contributed by atoms with Gasteiger partial charge in [-0.15, -0.1) is 24.0 Å². The standard InChI is InChI=1S/C18H28N4O2.HI/c1-19-18(20-8-11-22-9-4-2-3-5-10-22)21-13-15-6-7-16-17(12-15)24-14-23-16;/h6-7,12H,2-5,8-11,13-14H2,1H3,(H2,19,20,21);1H. The van der Waals surface area contributed by atoms with Crippen LogP contribution in [0.5, 0.6) is 11.5 Å². The molecule has 0 saturated carbocycles. The molecule has 6 nitrogen and oxygen atoms in total. The Kier molecular flexibility index (Phi) is 8.60. The molecule has 0 aromatic heterocycles. The first kappa shape index (κ1) is 20.1. The van der Waals surface area contributed by atoms with Gasteiger partial charge in [0.15, 0.2) is 17.5 Å². The van der Waals surface area contributed by atoms with Gasteiger partial charge in [-0.05, 0) is 43.6 Å². The first-order valence-corrected chi connectivity index (χ1v) is 8.90. The van der Waals surface area contributed by atoms with Gasteiger partial charge in [0.05, 0.1) is 0 Å². The summed E-state index contributed by atoms with van der Waals surface area (Å²) < 4.78 is 10.7. The number of nitrogens with zero attached hydrogens (tertiary/aromatic N) is 2. The van der Waals surface area contributed by atoms with Crippen molar-refractivity contribution >= 4 is 29.9 Å². The highest BCUT2D eigenvalue weighted by atomic mass is 127. The normalized spacial score (nSPS) is 17.6. The highest BCUT2D eigenvalue weighted by Gasteiger charge is 2.13. The third-order valence-electron chi connectivity index (χ3n) is 4.54. The summed E-state index contributed by atoms with van der Waals surface area (Å²) in [4.78, 5) is 6.84. The van der Waals surface area contributed by atoms with Gasteiger partial charge in [0.25, 0.3) is 0 Å². The monoisotopic (exact) mass is 460 g/mol. The summed E-state index contributed by atoms with van der Waals surface area (Å²) in [6.45, 7) is 5.47. The molecule has 1 aromatic carbocycles. The van der Waals surface area contributed by atoms with E-state index in [1.54, 1.807) is 7.05 Å². The van der Waals surface area contributed by atoms with Crippen LogP contribution in [0.15, 0.2) is 23.2 Å². The third-order valence-corrected chi connectivity index (χ3v) is 4.54. The molecule has 0 bridgehead atoms. The zero-order valence-corrected chi connectivity index (χ0v) is 17.3. The van der Waals surface area contributed by atoms with E-state index in [9.17, 15) is 0 Å². The minimum atomic E-state index is 0. The molecular formula is C18H29IN4O2. The van der Waals surface area contributed by atoms with Crippen LogP contribution in [-0.4, -0.2) is 50.9 Å². The second kappa shape index (κ2) is 10.7. The number of hydrogen-bond donors (Lipinski definition) is 2. The Morgan fingerprint density at radius 1 is 1.08 bits per heavy atom. The Hall–Kier alpha value is -1.22. The maximum atomic E-state index is 5.41. The van der Waals surface area contributed by atoms with E-state index < -0.39 is 0 Å². The van der Waals surface area contributed by atoms with Gasteiger partial charge in [0.1, 0.15) is 0 Å². The zero-order valence-electron chi connectivity index (χ0n) is 14.9. The Morgan fingerprint density at radius 3 is 2.60 bits per heavy atom. The molecule has 1 aromatic rings. The van der Waals surface area contributed by atoms with Crippen LogP contribution in [-0.2, 0) is 6.54 Å². The smallest absolute Gasteiger partial charge is 0.231 e. The fraction of sp³-hybridized carbons (Fsp3) is 0.611. The molecule has 0 spiro atoms.